The quantitative estimate of drug-likeness (QED) is 0.853. The lowest BCUT2D eigenvalue weighted by Gasteiger charge is -2.14. The Hall–Kier alpha value is -1.06. The van der Waals surface area contributed by atoms with Crippen molar-refractivity contribution in [3.05, 3.63) is 29.8 Å². The minimum atomic E-state index is 0.173. The minimum Gasteiger partial charge on any atom is -0.508 e. The molecule has 1 N–H and O–H groups in total. The van der Waals surface area contributed by atoms with Gasteiger partial charge >= 0.3 is 0 Å². The number of phenols is 1. The Balaban J connectivity index is 1.85. The molecule has 0 amide bonds. The van der Waals surface area contributed by atoms with Gasteiger partial charge in [0.2, 0.25) is 0 Å². The first-order valence-corrected chi connectivity index (χ1v) is 5.70. The lowest BCUT2D eigenvalue weighted by Crippen LogP contribution is -2.20. The first kappa shape index (κ1) is 11.4. The normalized spacial score (nSPS) is 29.5. The van der Waals surface area contributed by atoms with E-state index in [1.807, 2.05) is 19.1 Å². The van der Waals surface area contributed by atoms with Crippen molar-refractivity contribution in [1.82, 2.24) is 0 Å². The number of benzene rings is 1. The Labute approximate surface area is 96.0 Å². The fraction of sp³-hybridized carbons (Fsp3) is 0.538. The van der Waals surface area contributed by atoms with Crippen molar-refractivity contribution in [3.63, 3.8) is 0 Å². The van der Waals surface area contributed by atoms with Crippen LogP contribution in [0.2, 0.25) is 0 Å². The number of rotatable bonds is 3. The summed E-state index contributed by atoms with van der Waals surface area (Å²) in [6.45, 7) is 4.69. The van der Waals surface area contributed by atoms with Gasteiger partial charge in [0.1, 0.15) is 5.75 Å². The highest BCUT2D eigenvalue weighted by molar-refractivity contribution is 5.25. The summed E-state index contributed by atoms with van der Waals surface area (Å²) in [5.74, 6) is 0.287. The monoisotopic (exact) mass is 222 g/mol. The lowest BCUT2D eigenvalue weighted by molar-refractivity contribution is -0.0172. The van der Waals surface area contributed by atoms with Crippen LogP contribution < -0.4 is 0 Å². The van der Waals surface area contributed by atoms with Gasteiger partial charge in [-0.1, -0.05) is 12.1 Å². The van der Waals surface area contributed by atoms with Crippen LogP contribution in [-0.4, -0.2) is 23.4 Å². The zero-order valence-corrected chi connectivity index (χ0v) is 9.72. The third-order valence-corrected chi connectivity index (χ3v) is 2.94. The van der Waals surface area contributed by atoms with E-state index in [1.54, 1.807) is 12.1 Å². The van der Waals surface area contributed by atoms with Crippen LogP contribution in [0.5, 0.6) is 5.75 Å². The third kappa shape index (κ3) is 2.74. The zero-order chi connectivity index (χ0) is 11.5. The molecule has 1 aromatic carbocycles. The predicted molar refractivity (Wildman–Crippen MR) is 61.3 cm³/mol. The Morgan fingerprint density at radius 2 is 2.00 bits per heavy atom. The molecule has 0 radical (unpaired) electrons. The van der Waals surface area contributed by atoms with Crippen LogP contribution in [0.3, 0.4) is 0 Å². The van der Waals surface area contributed by atoms with Gasteiger partial charge < -0.3 is 14.6 Å². The molecule has 88 valence electrons. The van der Waals surface area contributed by atoms with E-state index in [9.17, 15) is 0 Å². The van der Waals surface area contributed by atoms with E-state index in [4.69, 9.17) is 14.6 Å². The summed E-state index contributed by atoms with van der Waals surface area (Å²) < 4.78 is 11.4. The largest absolute Gasteiger partial charge is 0.508 e. The molecule has 1 aliphatic rings. The topological polar surface area (TPSA) is 38.7 Å². The number of ether oxygens (including phenoxy) is 2. The van der Waals surface area contributed by atoms with E-state index in [0.717, 1.165) is 12.0 Å². The van der Waals surface area contributed by atoms with Crippen LogP contribution >= 0.6 is 0 Å². The molecule has 1 fully saturated rings. The van der Waals surface area contributed by atoms with Gasteiger partial charge in [0, 0.05) is 6.42 Å². The second-order valence-electron chi connectivity index (χ2n) is 4.40. The standard InChI is InChI=1S/C13H18O3/c1-9-7-13(10(2)16-9)15-8-11-3-5-12(14)6-4-11/h3-6,9-10,13-14H,7-8H2,1-2H3/t9-,10+,13+/m0/s1. The SMILES string of the molecule is C[C@H]1C[C@@H](OCc2ccc(O)cc2)[C@@H](C)O1. The molecule has 1 aliphatic heterocycles. The summed E-state index contributed by atoms with van der Waals surface area (Å²) in [5, 5.41) is 9.15. The Morgan fingerprint density at radius 1 is 1.31 bits per heavy atom. The molecule has 0 saturated carbocycles. The van der Waals surface area contributed by atoms with E-state index >= 15 is 0 Å². The van der Waals surface area contributed by atoms with E-state index < -0.39 is 0 Å². The molecule has 1 saturated heterocycles. The molecule has 16 heavy (non-hydrogen) atoms. The summed E-state index contributed by atoms with van der Waals surface area (Å²) in [5.41, 5.74) is 1.07. The Bertz CT molecular complexity index is 334. The molecule has 0 aromatic heterocycles. The van der Waals surface area contributed by atoms with Crippen LogP contribution in [0.1, 0.15) is 25.8 Å². The fourth-order valence-electron chi connectivity index (χ4n) is 2.03. The molecule has 1 heterocycles. The second kappa shape index (κ2) is 4.85. The highest BCUT2D eigenvalue weighted by Gasteiger charge is 2.29. The first-order chi connectivity index (χ1) is 7.65. The molecule has 3 atom stereocenters. The van der Waals surface area contributed by atoms with Crippen molar-refractivity contribution in [2.75, 3.05) is 0 Å². The van der Waals surface area contributed by atoms with Gasteiger partial charge in [0.25, 0.3) is 0 Å². The molecule has 3 heteroatoms. The number of hydrogen-bond acceptors (Lipinski definition) is 3. The predicted octanol–water partition coefficient (Wildman–Crippen LogP) is 2.47. The molecule has 0 unspecified atom stereocenters. The summed E-state index contributed by atoms with van der Waals surface area (Å²) in [4.78, 5) is 0. The Kier molecular flexibility index (Phi) is 3.46. The second-order valence-corrected chi connectivity index (χ2v) is 4.40. The maximum atomic E-state index is 9.15. The minimum absolute atomic E-state index is 0.173. The molecular weight excluding hydrogens is 204 g/mol. The van der Waals surface area contributed by atoms with Crippen molar-refractivity contribution < 1.29 is 14.6 Å². The van der Waals surface area contributed by atoms with Gasteiger partial charge in [0.05, 0.1) is 24.9 Å². The molecule has 2 rings (SSSR count). The maximum absolute atomic E-state index is 9.15. The molecule has 0 spiro atoms. The van der Waals surface area contributed by atoms with E-state index in [0.29, 0.717) is 12.7 Å². The summed E-state index contributed by atoms with van der Waals surface area (Å²) >= 11 is 0. The van der Waals surface area contributed by atoms with Gasteiger partial charge in [0.15, 0.2) is 0 Å². The van der Waals surface area contributed by atoms with Crippen molar-refractivity contribution in [3.8, 4) is 5.75 Å². The number of phenolic OH excluding ortho intramolecular Hbond substituents is 1. The zero-order valence-electron chi connectivity index (χ0n) is 9.72. The summed E-state index contributed by atoms with van der Waals surface area (Å²) in [7, 11) is 0. The van der Waals surface area contributed by atoms with Gasteiger partial charge in [-0.2, -0.15) is 0 Å². The first-order valence-electron chi connectivity index (χ1n) is 5.70. The third-order valence-electron chi connectivity index (χ3n) is 2.94. The highest BCUT2D eigenvalue weighted by Crippen LogP contribution is 2.23. The van der Waals surface area contributed by atoms with Crippen molar-refractivity contribution in [1.29, 1.82) is 0 Å². The van der Waals surface area contributed by atoms with Gasteiger partial charge in [-0.3, -0.25) is 0 Å². The maximum Gasteiger partial charge on any atom is 0.115 e. The van der Waals surface area contributed by atoms with Crippen molar-refractivity contribution >= 4 is 0 Å². The molecule has 0 bridgehead atoms. The van der Waals surface area contributed by atoms with Crippen molar-refractivity contribution in [2.45, 2.75) is 45.2 Å². The summed E-state index contributed by atoms with van der Waals surface area (Å²) in [6.07, 6.45) is 1.61. The van der Waals surface area contributed by atoms with E-state index in [-0.39, 0.29) is 18.0 Å². The van der Waals surface area contributed by atoms with Crippen LogP contribution in [0, 0.1) is 0 Å². The molecular formula is C13H18O3. The number of aromatic hydroxyl groups is 1. The van der Waals surface area contributed by atoms with Crippen LogP contribution in [0.25, 0.3) is 0 Å². The average Bonchev–Trinajstić information content (AvgIpc) is 2.57. The Morgan fingerprint density at radius 3 is 2.56 bits per heavy atom. The molecule has 1 aromatic rings. The van der Waals surface area contributed by atoms with Gasteiger partial charge in [-0.05, 0) is 31.5 Å². The lowest BCUT2D eigenvalue weighted by atomic mass is 10.1. The van der Waals surface area contributed by atoms with Gasteiger partial charge in [-0.15, -0.1) is 0 Å². The van der Waals surface area contributed by atoms with Crippen LogP contribution in [0.4, 0.5) is 0 Å². The van der Waals surface area contributed by atoms with Crippen LogP contribution in [-0.2, 0) is 16.1 Å². The van der Waals surface area contributed by atoms with Crippen LogP contribution in [0.15, 0.2) is 24.3 Å². The smallest absolute Gasteiger partial charge is 0.115 e. The van der Waals surface area contributed by atoms with E-state index in [2.05, 4.69) is 6.92 Å². The summed E-state index contributed by atoms with van der Waals surface area (Å²) in [6, 6.07) is 7.10. The molecule has 3 nitrogen and oxygen atoms in total. The van der Waals surface area contributed by atoms with Gasteiger partial charge in [-0.25, -0.2) is 0 Å². The van der Waals surface area contributed by atoms with Crippen molar-refractivity contribution in [2.24, 2.45) is 0 Å². The highest BCUT2D eigenvalue weighted by atomic mass is 16.6. The average molecular weight is 222 g/mol. The van der Waals surface area contributed by atoms with E-state index in [1.165, 1.54) is 0 Å². The molecule has 0 aliphatic carbocycles. The number of hydrogen-bond donors (Lipinski definition) is 1. The fourth-order valence-corrected chi connectivity index (χ4v) is 2.03.